The van der Waals surface area contributed by atoms with Gasteiger partial charge in [0.2, 0.25) is 10.0 Å². The molecule has 1 amide bonds. The number of nitrogens with zero attached hydrogens (tertiary/aromatic N) is 5. The van der Waals surface area contributed by atoms with Gasteiger partial charge in [-0.3, -0.25) is 9.69 Å². The van der Waals surface area contributed by atoms with Crippen LogP contribution in [0.5, 0.6) is 0 Å². The number of sulfonamides is 1. The molecule has 1 aliphatic rings. The van der Waals surface area contributed by atoms with Crippen LogP contribution in [0.15, 0.2) is 41.4 Å². The Balaban J connectivity index is 1.44. The van der Waals surface area contributed by atoms with Crippen molar-refractivity contribution in [3.8, 4) is 0 Å². The molecule has 0 spiro atoms. The van der Waals surface area contributed by atoms with Crippen LogP contribution < -0.4 is 0 Å². The number of benzene rings is 1. The van der Waals surface area contributed by atoms with Crippen LogP contribution in [0.1, 0.15) is 42.3 Å². The topological polar surface area (TPSA) is 78.8 Å². The fourth-order valence-corrected chi connectivity index (χ4v) is 6.88. The highest BCUT2D eigenvalue weighted by Gasteiger charge is 2.30. The van der Waals surface area contributed by atoms with Crippen molar-refractivity contribution in [1.29, 1.82) is 0 Å². The molecule has 0 saturated carbocycles. The monoisotopic (exact) mass is 489 g/mol. The summed E-state index contributed by atoms with van der Waals surface area (Å²) in [6.07, 6.45) is 1.53. The lowest BCUT2D eigenvalue weighted by Crippen LogP contribution is -2.49. The third kappa shape index (κ3) is 4.57. The van der Waals surface area contributed by atoms with Crippen LogP contribution in [0.25, 0.3) is 10.2 Å². The first-order chi connectivity index (χ1) is 15.8. The van der Waals surface area contributed by atoms with Crippen molar-refractivity contribution in [2.45, 2.75) is 31.7 Å². The summed E-state index contributed by atoms with van der Waals surface area (Å²) in [5.41, 5.74) is 1.42. The van der Waals surface area contributed by atoms with Crippen LogP contribution in [-0.2, 0) is 17.1 Å². The minimum atomic E-state index is -3.60. The first kappa shape index (κ1) is 23.9. The Morgan fingerprint density at radius 1 is 1.15 bits per heavy atom. The van der Waals surface area contributed by atoms with Gasteiger partial charge in [0.25, 0.3) is 5.91 Å². The van der Waals surface area contributed by atoms with Gasteiger partial charge in [-0.1, -0.05) is 26.0 Å². The highest BCUT2D eigenvalue weighted by molar-refractivity contribution is 7.89. The molecule has 178 valence electrons. The summed E-state index contributed by atoms with van der Waals surface area (Å²) in [6, 6.07) is 9.85. The molecule has 33 heavy (non-hydrogen) atoms. The van der Waals surface area contributed by atoms with E-state index in [4.69, 9.17) is 4.98 Å². The number of aryl methyl sites for hydroxylation is 1. The van der Waals surface area contributed by atoms with E-state index in [1.807, 2.05) is 36.9 Å². The van der Waals surface area contributed by atoms with Crippen molar-refractivity contribution in [2.75, 3.05) is 39.3 Å². The molecule has 1 aromatic carbocycles. The summed E-state index contributed by atoms with van der Waals surface area (Å²) in [7, 11) is -1.88. The van der Waals surface area contributed by atoms with Gasteiger partial charge in [0, 0.05) is 52.5 Å². The maximum Gasteiger partial charge on any atom is 0.270 e. The van der Waals surface area contributed by atoms with Gasteiger partial charge in [-0.05, 0) is 25.1 Å². The zero-order valence-corrected chi connectivity index (χ0v) is 21.2. The third-order valence-electron chi connectivity index (χ3n) is 6.36. The smallest absolute Gasteiger partial charge is 0.270 e. The molecule has 2 aromatic heterocycles. The molecule has 4 rings (SSSR count). The molecule has 3 aromatic rings. The number of thiazole rings is 1. The lowest BCUT2D eigenvalue weighted by Gasteiger charge is -2.37. The summed E-state index contributed by atoms with van der Waals surface area (Å²) < 4.78 is 29.9. The quantitative estimate of drug-likeness (QED) is 0.509. The van der Waals surface area contributed by atoms with Gasteiger partial charge in [0.05, 0.1) is 16.3 Å². The van der Waals surface area contributed by atoms with E-state index in [0.29, 0.717) is 31.9 Å². The number of fused-ring (bicyclic) bond motifs is 1. The lowest BCUT2D eigenvalue weighted by molar-refractivity contribution is 0.0573. The highest BCUT2D eigenvalue weighted by Crippen LogP contribution is 2.30. The number of rotatable bonds is 7. The number of aromatic nitrogens is 2. The zero-order valence-electron chi connectivity index (χ0n) is 19.6. The Morgan fingerprint density at radius 3 is 2.45 bits per heavy atom. The number of hydrogen-bond acceptors (Lipinski definition) is 6. The third-order valence-corrected chi connectivity index (χ3v) is 9.58. The molecule has 3 heterocycles. The fraction of sp³-hybridized carbons (Fsp3) is 0.478. The van der Waals surface area contributed by atoms with Crippen molar-refractivity contribution in [2.24, 2.45) is 7.05 Å². The second kappa shape index (κ2) is 9.54. The SMILES string of the molecule is CCN(CC)S(=O)(=O)c1cc(C(=O)N2CCN(C(C)c3nc4ccccc4s3)CC2)n(C)c1. The number of carbonyl (C=O) groups excluding carboxylic acids is 1. The maximum atomic E-state index is 13.2. The average Bonchev–Trinajstić information content (AvgIpc) is 3.43. The lowest BCUT2D eigenvalue weighted by atomic mass is 10.2. The number of hydrogen-bond donors (Lipinski definition) is 0. The van der Waals surface area contributed by atoms with Crippen molar-refractivity contribution >= 4 is 37.5 Å². The molecule has 1 unspecified atom stereocenters. The summed E-state index contributed by atoms with van der Waals surface area (Å²) in [5, 5.41) is 1.09. The first-order valence-corrected chi connectivity index (χ1v) is 13.6. The fourth-order valence-electron chi connectivity index (χ4n) is 4.30. The Hall–Kier alpha value is -2.27. The van der Waals surface area contributed by atoms with Gasteiger partial charge in [-0.2, -0.15) is 4.31 Å². The van der Waals surface area contributed by atoms with Crippen LogP contribution in [0, 0.1) is 0 Å². The molecular weight excluding hydrogens is 458 g/mol. The molecular formula is C23H31N5O3S2. The summed E-state index contributed by atoms with van der Waals surface area (Å²) in [4.78, 5) is 22.3. The van der Waals surface area contributed by atoms with Crippen LogP contribution >= 0.6 is 11.3 Å². The zero-order chi connectivity index (χ0) is 23.8. The van der Waals surface area contributed by atoms with E-state index in [0.717, 1.165) is 23.6 Å². The predicted octanol–water partition coefficient (Wildman–Crippen LogP) is 3.18. The van der Waals surface area contributed by atoms with Crippen LogP contribution in [0.4, 0.5) is 0 Å². The normalized spacial score (nSPS) is 16.6. The molecule has 8 nitrogen and oxygen atoms in total. The molecule has 1 saturated heterocycles. The van der Waals surface area contributed by atoms with E-state index < -0.39 is 10.0 Å². The summed E-state index contributed by atoms with van der Waals surface area (Å²) in [6.45, 7) is 9.26. The van der Waals surface area contributed by atoms with Crippen molar-refractivity contribution in [3.63, 3.8) is 0 Å². The molecule has 0 N–H and O–H groups in total. The van der Waals surface area contributed by atoms with Crippen LogP contribution in [0.3, 0.4) is 0 Å². The Labute approximate surface area is 199 Å². The van der Waals surface area contributed by atoms with Gasteiger partial charge in [-0.25, -0.2) is 13.4 Å². The van der Waals surface area contributed by atoms with Crippen LogP contribution in [0.2, 0.25) is 0 Å². The van der Waals surface area contributed by atoms with E-state index in [1.165, 1.54) is 21.3 Å². The van der Waals surface area contributed by atoms with Gasteiger partial charge < -0.3 is 9.47 Å². The second-order valence-electron chi connectivity index (χ2n) is 8.29. The molecule has 1 aliphatic heterocycles. The molecule has 0 radical (unpaired) electrons. The minimum Gasteiger partial charge on any atom is -0.345 e. The highest BCUT2D eigenvalue weighted by atomic mass is 32.2. The largest absolute Gasteiger partial charge is 0.345 e. The Bertz CT molecular complexity index is 1210. The van der Waals surface area contributed by atoms with E-state index in [9.17, 15) is 13.2 Å². The Morgan fingerprint density at radius 2 is 1.82 bits per heavy atom. The predicted molar refractivity (Wildman–Crippen MR) is 131 cm³/mol. The van der Waals surface area contributed by atoms with Gasteiger partial charge in [0.15, 0.2) is 0 Å². The molecule has 1 atom stereocenters. The van der Waals surface area contributed by atoms with E-state index in [2.05, 4.69) is 17.9 Å². The number of amides is 1. The number of para-hydroxylation sites is 1. The van der Waals surface area contributed by atoms with E-state index in [1.54, 1.807) is 23.0 Å². The summed E-state index contributed by atoms with van der Waals surface area (Å²) >= 11 is 1.72. The van der Waals surface area contributed by atoms with Gasteiger partial charge >= 0.3 is 0 Å². The maximum absolute atomic E-state index is 13.2. The van der Waals surface area contributed by atoms with Crippen molar-refractivity contribution < 1.29 is 13.2 Å². The van der Waals surface area contributed by atoms with Crippen molar-refractivity contribution in [1.82, 2.24) is 23.7 Å². The van der Waals surface area contributed by atoms with E-state index >= 15 is 0 Å². The van der Waals surface area contributed by atoms with Gasteiger partial charge in [-0.15, -0.1) is 11.3 Å². The number of carbonyl (C=O) groups is 1. The van der Waals surface area contributed by atoms with Crippen LogP contribution in [-0.4, -0.2) is 77.2 Å². The average molecular weight is 490 g/mol. The van der Waals surface area contributed by atoms with Crippen molar-refractivity contribution in [3.05, 3.63) is 47.2 Å². The molecule has 10 heteroatoms. The van der Waals surface area contributed by atoms with Gasteiger partial charge in [0.1, 0.15) is 15.6 Å². The molecule has 0 aliphatic carbocycles. The minimum absolute atomic E-state index is 0.134. The van der Waals surface area contributed by atoms with E-state index in [-0.39, 0.29) is 16.8 Å². The first-order valence-electron chi connectivity index (χ1n) is 11.3. The second-order valence-corrected chi connectivity index (χ2v) is 11.3. The molecule has 0 bridgehead atoms. The summed E-state index contributed by atoms with van der Waals surface area (Å²) in [5.74, 6) is -0.134. The Kier molecular flexibility index (Phi) is 6.90. The molecule has 1 fully saturated rings. The number of piperazine rings is 1. The standard InChI is InChI=1S/C23H31N5O3S2/c1-5-28(6-2)33(30,31)18-15-20(25(4)16-18)23(29)27-13-11-26(12-14-27)17(3)22-24-19-9-7-8-10-21(19)32-22/h7-10,15-17H,5-6,11-14H2,1-4H3.